The van der Waals surface area contributed by atoms with Crippen LogP contribution in [0.2, 0.25) is 0 Å². The van der Waals surface area contributed by atoms with E-state index in [0.29, 0.717) is 0 Å². The van der Waals surface area contributed by atoms with Gasteiger partial charge in [-0.15, -0.1) is 0 Å². The lowest BCUT2D eigenvalue weighted by atomic mass is 9.80. The lowest BCUT2D eigenvalue weighted by Crippen LogP contribution is -2.50. The van der Waals surface area contributed by atoms with E-state index >= 15 is 0 Å². The first-order valence-corrected chi connectivity index (χ1v) is 7.60. The van der Waals surface area contributed by atoms with Crippen LogP contribution in [-0.2, 0) is 9.53 Å². The number of rotatable bonds is 6. The van der Waals surface area contributed by atoms with E-state index in [1.54, 1.807) is 0 Å². The maximum absolute atomic E-state index is 12.2. The van der Waals surface area contributed by atoms with Crippen LogP contribution in [0.5, 0.6) is 0 Å². The van der Waals surface area contributed by atoms with Gasteiger partial charge in [-0.3, -0.25) is 10.1 Å². The monoisotopic (exact) mass is 291 g/mol. The van der Waals surface area contributed by atoms with Gasteiger partial charge < -0.3 is 9.84 Å². The Bertz CT molecular complexity index is 454. The molecule has 4 heteroatoms. The topological polar surface area (TPSA) is 58.6 Å². The van der Waals surface area contributed by atoms with Gasteiger partial charge in [-0.2, -0.15) is 0 Å². The number of carbonyl (C=O) groups excluding carboxylic acids is 1. The van der Waals surface area contributed by atoms with Crippen LogP contribution < -0.4 is 5.32 Å². The first kappa shape index (κ1) is 16.0. The van der Waals surface area contributed by atoms with Gasteiger partial charge in [0.1, 0.15) is 6.04 Å². The summed E-state index contributed by atoms with van der Waals surface area (Å²) < 4.78 is 4.99. The highest BCUT2D eigenvalue weighted by atomic mass is 16.5. The van der Waals surface area contributed by atoms with Crippen LogP contribution >= 0.6 is 0 Å². The summed E-state index contributed by atoms with van der Waals surface area (Å²) in [5, 5.41) is 13.0. The van der Waals surface area contributed by atoms with Gasteiger partial charge in [-0.1, -0.05) is 50.1 Å². The predicted molar refractivity (Wildman–Crippen MR) is 81.8 cm³/mol. The van der Waals surface area contributed by atoms with Crippen LogP contribution in [0.25, 0.3) is 0 Å². The molecule has 2 N–H and O–H groups in total. The molecule has 116 valence electrons. The highest BCUT2D eigenvalue weighted by molar-refractivity contribution is 5.77. The zero-order chi connectivity index (χ0) is 15.3. The summed E-state index contributed by atoms with van der Waals surface area (Å²) in [7, 11) is 1.42. The van der Waals surface area contributed by atoms with E-state index in [-0.39, 0.29) is 30.1 Å². The summed E-state index contributed by atoms with van der Waals surface area (Å²) in [4.78, 5) is 12.2. The van der Waals surface area contributed by atoms with E-state index < -0.39 is 0 Å². The molecule has 2 atom stereocenters. The highest BCUT2D eigenvalue weighted by Gasteiger charge is 2.42. The van der Waals surface area contributed by atoms with Crippen LogP contribution in [-0.4, -0.2) is 30.8 Å². The summed E-state index contributed by atoms with van der Waals surface area (Å²) in [5.74, 6) is -0.242. The molecule has 21 heavy (non-hydrogen) atoms. The number of hydrogen-bond acceptors (Lipinski definition) is 4. The third kappa shape index (κ3) is 3.63. The predicted octanol–water partition coefficient (Wildman–Crippen LogP) is 2.43. The number of aliphatic hydroxyl groups excluding tert-OH is 1. The average Bonchev–Trinajstić information content (AvgIpc) is 2.96. The number of methoxy groups -OCH3 is 1. The quantitative estimate of drug-likeness (QED) is 0.790. The fourth-order valence-electron chi connectivity index (χ4n) is 3.28. The van der Waals surface area contributed by atoms with Crippen molar-refractivity contribution in [2.24, 2.45) is 5.41 Å². The van der Waals surface area contributed by atoms with Crippen LogP contribution in [0, 0.1) is 5.41 Å². The number of esters is 1. The van der Waals surface area contributed by atoms with E-state index in [2.05, 4.69) is 12.2 Å². The van der Waals surface area contributed by atoms with Crippen molar-refractivity contribution in [3.05, 3.63) is 35.9 Å². The molecule has 0 radical (unpaired) electrons. The molecule has 2 rings (SSSR count). The van der Waals surface area contributed by atoms with Gasteiger partial charge in [0.2, 0.25) is 0 Å². The Morgan fingerprint density at radius 3 is 2.48 bits per heavy atom. The summed E-state index contributed by atoms with van der Waals surface area (Å²) in [6, 6.07) is 9.08. The second kappa shape index (κ2) is 7.05. The number of benzene rings is 1. The molecular weight excluding hydrogens is 266 g/mol. The maximum Gasteiger partial charge on any atom is 0.323 e. The SMILES string of the molecule is COC(=O)[C@@H](N[C@@H](CO)c1ccccc1)C1(C)CCCC1. The fourth-order valence-corrected chi connectivity index (χ4v) is 3.28. The number of nitrogens with one attached hydrogen (secondary N) is 1. The van der Waals surface area contributed by atoms with E-state index in [1.807, 2.05) is 30.3 Å². The summed E-state index contributed by atoms with van der Waals surface area (Å²) in [6.07, 6.45) is 4.29. The second-order valence-electron chi connectivity index (χ2n) is 6.13. The first-order chi connectivity index (χ1) is 10.1. The third-order valence-electron chi connectivity index (χ3n) is 4.63. The highest BCUT2D eigenvalue weighted by Crippen LogP contribution is 2.41. The van der Waals surface area contributed by atoms with Crippen molar-refractivity contribution in [2.75, 3.05) is 13.7 Å². The summed E-state index contributed by atoms with van der Waals surface area (Å²) in [5.41, 5.74) is 0.880. The Morgan fingerprint density at radius 2 is 1.95 bits per heavy atom. The van der Waals surface area contributed by atoms with E-state index in [1.165, 1.54) is 7.11 Å². The van der Waals surface area contributed by atoms with Crippen LogP contribution in [0.15, 0.2) is 30.3 Å². The van der Waals surface area contributed by atoms with Gasteiger partial charge in [-0.05, 0) is 23.8 Å². The first-order valence-electron chi connectivity index (χ1n) is 7.60. The molecule has 0 amide bonds. The molecule has 1 aliphatic rings. The van der Waals surface area contributed by atoms with Crippen LogP contribution in [0.3, 0.4) is 0 Å². The Hall–Kier alpha value is -1.39. The van der Waals surface area contributed by atoms with E-state index in [4.69, 9.17) is 4.74 Å². The maximum atomic E-state index is 12.2. The molecule has 0 saturated heterocycles. The molecule has 1 aliphatic carbocycles. The largest absolute Gasteiger partial charge is 0.468 e. The zero-order valence-electron chi connectivity index (χ0n) is 12.8. The average molecular weight is 291 g/mol. The van der Waals surface area contributed by atoms with Crippen LogP contribution in [0.1, 0.15) is 44.2 Å². The third-order valence-corrected chi connectivity index (χ3v) is 4.63. The van der Waals surface area contributed by atoms with E-state index in [9.17, 15) is 9.90 Å². The Morgan fingerprint density at radius 1 is 1.33 bits per heavy atom. The van der Waals surface area contributed by atoms with Crippen molar-refractivity contribution in [2.45, 2.75) is 44.7 Å². The van der Waals surface area contributed by atoms with Crippen LogP contribution in [0.4, 0.5) is 0 Å². The minimum atomic E-state index is -0.387. The summed E-state index contributed by atoms with van der Waals surface area (Å²) in [6.45, 7) is 2.08. The Balaban J connectivity index is 2.19. The molecule has 0 bridgehead atoms. The molecule has 1 aromatic carbocycles. The minimum absolute atomic E-state index is 0.0480. The van der Waals surface area contributed by atoms with Gasteiger partial charge in [0.25, 0.3) is 0 Å². The molecule has 0 aliphatic heterocycles. The number of carbonyl (C=O) groups is 1. The van der Waals surface area contributed by atoms with E-state index in [0.717, 1.165) is 31.2 Å². The normalized spacial score (nSPS) is 20.0. The van der Waals surface area contributed by atoms with Crippen molar-refractivity contribution in [1.82, 2.24) is 5.32 Å². The zero-order valence-corrected chi connectivity index (χ0v) is 12.8. The molecule has 0 aromatic heterocycles. The van der Waals surface area contributed by atoms with Gasteiger partial charge in [0.05, 0.1) is 19.8 Å². The van der Waals surface area contributed by atoms with Gasteiger partial charge in [0, 0.05) is 0 Å². The molecule has 4 nitrogen and oxygen atoms in total. The molecule has 1 fully saturated rings. The fraction of sp³-hybridized carbons (Fsp3) is 0.588. The van der Waals surface area contributed by atoms with Gasteiger partial charge in [-0.25, -0.2) is 0 Å². The van der Waals surface area contributed by atoms with Crippen molar-refractivity contribution in [3.63, 3.8) is 0 Å². The number of ether oxygens (including phenoxy) is 1. The molecule has 0 spiro atoms. The molecule has 0 heterocycles. The minimum Gasteiger partial charge on any atom is -0.468 e. The Labute approximate surface area is 126 Å². The van der Waals surface area contributed by atoms with Gasteiger partial charge >= 0.3 is 5.97 Å². The van der Waals surface area contributed by atoms with Gasteiger partial charge in [0.15, 0.2) is 0 Å². The second-order valence-corrected chi connectivity index (χ2v) is 6.13. The van der Waals surface area contributed by atoms with Crippen molar-refractivity contribution < 1.29 is 14.6 Å². The lowest BCUT2D eigenvalue weighted by Gasteiger charge is -2.35. The molecular formula is C17H25NO3. The molecule has 1 saturated carbocycles. The number of aliphatic hydroxyl groups is 1. The molecule has 0 unspecified atom stereocenters. The Kier molecular flexibility index (Phi) is 5.37. The summed E-state index contributed by atoms with van der Waals surface area (Å²) >= 11 is 0. The lowest BCUT2D eigenvalue weighted by molar-refractivity contribution is -0.147. The van der Waals surface area contributed by atoms with Crippen molar-refractivity contribution >= 4 is 5.97 Å². The van der Waals surface area contributed by atoms with Crippen molar-refractivity contribution in [1.29, 1.82) is 0 Å². The number of hydrogen-bond donors (Lipinski definition) is 2. The standard InChI is InChI=1S/C17H25NO3/c1-17(10-6-7-11-17)15(16(20)21-2)18-14(12-19)13-8-4-3-5-9-13/h3-5,8-9,14-15,18-19H,6-7,10-12H2,1-2H3/t14-,15+/m0/s1. The molecule has 1 aromatic rings. The smallest absolute Gasteiger partial charge is 0.323 e. The van der Waals surface area contributed by atoms with Crippen molar-refractivity contribution in [3.8, 4) is 0 Å².